The highest BCUT2D eigenvalue weighted by atomic mass is 16.6. The van der Waals surface area contributed by atoms with Gasteiger partial charge in [-0.15, -0.1) is 0 Å². The SMILES string of the molecule is CC(=O)OC(C)(C)[C@@H](C)CC[C@@H](C)[C@H]1CCC2C3C[C@@H](O)[C@@]4(O)C[C@@H](O)CC[C@]4(C)C3CC[C@@]21C. The van der Waals surface area contributed by atoms with Gasteiger partial charge in [0.2, 0.25) is 0 Å². The summed E-state index contributed by atoms with van der Waals surface area (Å²) >= 11 is 0. The van der Waals surface area contributed by atoms with Crippen LogP contribution in [0.3, 0.4) is 0 Å². The van der Waals surface area contributed by atoms with Gasteiger partial charge in [-0.1, -0.05) is 34.1 Å². The average molecular weight is 493 g/mol. The lowest BCUT2D eigenvalue weighted by molar-refractivity contribution is -0.264. The second-order valence-corrected chi connectivity index (χ2v) is 14.2. The minimum absolute atomic E-state index is 0.208. The quantitative estimate of drug-likeness (QED) is 0.427. The van der Waals surface area contributed by atoms with Gasteiger partial charge in [-0.05, 0) is 106 Å². The van der Waals surface area contributed by atoms with E-state index >= 15 is 0 Å². The fourth-order valence-electron chi connectivity index (χ4n) is 9.77. The molecule has 202 valence electrons. The molecule has 4 fully saturated rings. The van der Waals surface area contributed by atoms with Gasteiger partial charge in [0, 0.05) is 18.8 Å². The van der Waals surface area contributed by atoms with E-state index in [0.717, 1.165) is 32.1 Å². The average Bonchev–Trinajstić information content (AvgIpc) is 3.10. The number of carbonyl (C=O) groups excluding carboxylic acids is 1. The van der Waals surface area contributed by atoms with Crippen LogP contribution in [0, 0.1) is 46.3 Å². The Labute approximate surface area is 213 Å². The molecule has 3 N–H and O–H groups in total. The third-order valence-corrected chi connectivity index (χ3v) is 12.2. The van der Waals surface area contributed by atoms with E-state index in [1.54, 1.807) is 0 Å². The van der Waals surface area contributed by atoms with E-state index in [-0.39, 0.29) is 16.8 Å². The predicted octanol–water partition coefficient (Wildman–Crippen LogP) is 5.49. The van der Waals surface area contributed by atoms with Crippen molar-refractivity contribution in [2.75, 3.05) is 0 Å². The maximum Gasteiger partial charge on any atom is 0.303 e. The highest BCUT2D eigenvalue weighted by molar-refractivity contribution is 5.66. The summed E-state index contributed by atoms with van der Waals surface area (Å²) in [7, 11) is 0. The lowest BCUT2D eigenvalue weighted by atomic mass is 9.42. The van der Waals surface area contributed by atoms with Crippen LogP contribution in [-0.2, 0) is 9.53 Å². The van der Waals surface area contributed by atoms with Gasteiger partial charge in [-0.2, -0.15) is 0 Å². The van der Waals surface area contributed by atoms with Crippen molar-refractivity contribution in [1.82, 2.24) is 0 Å². The maximum atomic E-state index is 11.7. The third kappa shape index (κ3) is 4.40. The van der Waals surface area contributed by atoms with Crippen molar-refractivity contribution in [2.45, 2.75) is 136 Å². The first kappa shape index (κ1) is 27.4. The Morgan fingerprint density at radius 3 is 2.37 bits per heavy atom. The summed E-state index contributed by atoms with van der Waals surface area (Å²) in [6.07, 6.45) is 8.29. The molecule has 3 unspecified atom stereocenters. The summed E-state index contributed by atoms with van der Waals surface area (Å²) in [6.45, 7) is 14.9. The number of hydrogen-bond donors (Lipinski definition) is 3. The summed E-state index contributed by atoms with van der Waals surface area (Å²) in [5.74, 6) is 2.89. The van der Waals surface area contributed by atoms with E-state index in [9.17, 15) is 20.1 Å². The molecule has 0 saturated heterocycles. The van der Waals surface area contributed by atoms with Gasteiger partial charge in [0.1, 0.15) is 5.60 Å². The maximum absolute atomic E-state index is 11.7. The Morgan fingerprint density at radius 2 is 1.71 bits per heavy atom. The molecule has 0 aromatic rings. The van der Waals surface area contributed by atoms with E-state index < -0.39 is 23.4 Å². The minimum Gasteiger partial charge on any atom is -0.460 e. The fourth-order valence-corrected chi connectivity index (χ4v) is 9.77. The van der Waals surface area contributed by atoms with Crippen LogP contribution >= 0.6 is 0 Å². The number of hydrogen-bond acceptors (Lipinski definition) is 5. The van der Waals surface area contributed by atoms with Crippen molar-refractivity contribution < 1.29 is 24.9 Å². The normalized spacial score (nSPS) is 47.3. The monoisotopic (exact) mass is 492 g/mol. The van der Waals surface area contributed by atoms with Crippen LogP contribution < -0.4 is 0 Å². The summed E-state index contributed by atoms with van der Waals surface area (Å²) in [5, 5.41) is 33.2. The lowest BCUT2D eigenvalue weighted by Crippen LogP contribution is -2.68. The first-order chi connectivity index (χ1) is 16.2. The van der Waals surface area contributed by atoms with Crippen molar-refractivity contribution in [3.8, 4) is 0 Å². The molecule has 4 saturated carbocycles. The van der Waals surface area contributed by atoms with Crippen LogP contribution in [-0.4, -0.2) is 44.7 Å². The minimum atomic E-state index is -1.16. The molecule has 0 amide bonds. The molecule has 5 nitrogen and oxygen atoms in total. The standard InChI is InChI=1S/C30H52O5/c1-18(8-9-19(2)27(4,5)35-20(3)31)23-10-11-24-22-16-26(33)30(34)17-21(32)12-15-29(30,7)25(22)13-14-28(23,24)6/h18-19,21-26,32-34H,8-17H2,1-7H3/t18-,19+,21+,22?,23-,24?,25?,26-,28-,29-,30+/m1/s1. The predicted molar refractivity (Wildman–Crippen MR) is 137 cm³/mol. The fraction of sp³-hybridized carbons (Fsp3) is 0.967. The number of ether oxygens (including phenoxy) is 1. The Hall–Kier alpha value is -0.650. The van der Waals surface area contributed by atoms with Gasteiger partial charge < -0.3 is 20.1 Å². The van der Waals surface area contributed by atoms with Crippen LogP contribution in [0.4, 0.5) is 0 Å². The van der Waals surface area contributed by atoms with E-state index in [1.165, 1.54) is 26.2 Å². The van der Waals surface area contributed by atoms with E-state index in [0.29, 0.717) is 48.3 Å². The molecule has 4 rings (SSSR count). The molecule has 0 heterocycles. The second kappa shape index (κ2) is 9.27. The van der Waals surface area contributed by atoms with Crippen molar-refractivity contribution in [2.24, 2.45) is 46.3 Å². The zero-order valence-electron chi connectivity index (χ0n) is 23.3. The summed E-state index contributed by atoms with van der Waals surface area (Å²) in [5.41, 5.74) is -1.62. The van der Waals surface area contributed by atoms with Gasteiger partial charge in [0.25, 0.3) is 0 Å². The molecule has 0 radical (unpaired) electrons. The van der Waals surface area contributed by atoms with Gasteiger partial charge >= 0.3 is 5.97 Å². The first-order valence-electron chi connectivity index (χ1n) is 14.4. The van der Waals surface area contributed by atoms with Crippen molar-refractivity contribution in [1.29, 1.82) is 0 Å². The molecule has 5 heteroatoms. The van der Waals surface area contributed by atoms with Gasteiger partial charge in [0.15, 0.2) is 0 Å². The molecule has 4 aliphatic carbocycles. The van der Waals surface area contributed by atoms with E-state index in [1.807, 2.05) is 13.8 Å². The molecule has 0 bridgehead atoms. The summed E-state index contributed by atoms with van der Waals surface area (Å²) < 4.78 is 5.60. The second-order valence-electron chi connectivity index (χ2n) is 14.2. The van der Waals surface area contributed by atoms with E-state index in [2.05, 4.69) is 27.7 Å². The number of aliphatic hydroxyl groups is 3. The number of aliphatic hydroxyl groups excluding tert-OH is 2. The zero-order chi connectivity index (χ0) is 26.0. The first-order valence-corrected chi connectivity index (χ1v) is 14.4. The van der Waals surface area contributed by atoms with Crippen molar-refractivity contribution in [3.63, 3.8) is 0 Å². The highest BCUT2D eigenvalue weighted by Gasteiger charge is 2.67. The molecule has 35 heavy (non-hydrogen) atoms. The highest BCUT2D eigenvalue weighted by Crippen LogP contribution is 2.69. The Kier molecular flexibility index (Phi) is 7.26. The van der Waals surface area contributed by atoms with Crippen LogP contribution in [0.25, 0.3) is 0 Å². The van der Waals surface area contributed by atoms with E-state index in [4.69, 9.17) is 4.74 Å². The molecule has 0 aromatic carbocycles. The molecule has 0 aromatic heterocycles. The van der Waals surface area contributed by atoms with Crippen LogP contribution in [0.2, 0.25) is 0 Å². The Morgan fingerprint density at radius 1 is 1.03 bits per heavy atom. The number of rotatable bonds is 6. The Balaban J connectivity index is 1.46. The molecule has 0 spiro atoms. The number of fused-ring (bicyclic) bond motifs is 5. The van der Waals surface area contributed by atoms with Crippen molar-refractivity contribution >= 4 is 5.97 Å². The largest absolute Gasteiger partial charge is 0.460 e. The van der Waals surface area contributed by atoms with Crippen LogP contribution in [0.5, 0.6) is 0 Å². The van der Waals surface area contributed by atoms with Gasteiger partial charge in [-0.3, -0.25) is 4.79 Å². The number of esters is 1. The summed E-state index contributed by atoms with van der Waals surface area (Å²) in [4.78, 5) is 11.5. The van der Waals surface area contributed by atoms with Crippen LogP contribution in [0.15, 0.2) is 0 Å². The summed E-state index contributed by atoms with van der Waals surface area (Å²) in [6, 6.07) is 0. The van der Waals surface area contributed by atoms with Crippen LogP contribution in [0.1, 0.15) is 113 Å². The van der Waals surface area contributed by atoms with Gasteiger partial charge in [0.05, 0.1) is 17.8 Å². The molecule has 4 aliphatic rings. The molecule has 0 aliphatic heterocycles. The zero-order valence-corrected chi connectivity index (χ0v) is 23.3. The van der Waals surface area contributed by atoms with Crippen molar-refractivity contribution in [3.05, 3.63) is 0 Å². The topological polar surface area (TPSA) is 87.0 Å². The lowest BCUT2D eigenvalue weighted by Gasteiger charge is -2.65. The molecular weight excluding hydrogens is 440 g/mol. The van der Waals surface area contributed by atoms with Gasteiger partial charge in [-0.25, -0.2) is 0 Å². The number of carbonyl (C=O) groups is 1. The third-order valence-electron chi connectivity index (χ3n) is 12.2. The molecule has 11 atom stereocenters. The molecular formula is C30H52O5. The Bertz CT molecular complexity index is 796. The smallest absolute Gasteiger partial charge is 0.303 e.